The topological polar surface area (TPSA) is 54.4 Å². The quantitative estimate of drug-likeness (QED) is 0.442. The molecule has 0 heterocycles. The maximum absolute atomic E-state index is 11.2. The molecule has 0 saturated heterocycles. The van der Waals surface area contributed by atoms with Crippen molar-refractivity contribution in [2.45, 2.75) is 56.8 Å². The summed E-state index contributed by atoms with van der Waals surface area (Å²) in [6, 6.07) is 6.67. The normalized spacial score (nSPS) is 11.1. The standard InChI is InChI=1S/C14H22O3S.K.H/c1-2-3-4-5-6-7-10-13-11-8-9-12-14(13)18(15,16)17;;/h8-9,11-12H,2-7,10H2,1H3,(H,15,16,17);;/q;+1;-1. The molecule has 1 aromatic carbocycles. The van der Waals surface area contributed by atoms with Crippen molar-refractivity contribution in [1.29, 1.82) is 0 Å². The minimum atomic E-state index is -4.08. The first-order valence-electron chi connectivity index (χ1n) is 6.61. The molecule has 0 bridgehead atoms. The molecule has 0 aliphatic carbocycles. The van der Waals surface area contributed by atoms with Crippen LogP contribution in [0.1, 0.15) is 52.4 Å². The summed E-state index contributed by atoms with van der Waals surface area (Å²) in [6.45, 7) is 2.18. The Balaban J connectivity index is 0. The Hall–Kier alpha value is 0.766. The molecule has 5 heteroatoms. The van der Waals surface area contributed by atoms with E-state index in [1.54, 1.807) is 18.2 Å². The van der Waals surface area contributed by atoms with Gasteiger partial charge in [-0.1, -0.05) is 57.2 Å². The number of rotatable bonds is 8. The van der Waals surface area contributed by atoms with Gasteiger partial charge >= 0.3 is 51.4 Å². The second-order valence-corrected chi connectivity index (χ2v) is 5.99. The van der Waals surface area contributed by atoms with Crippen molar-refractivity contribution < 1.29 is 65.8 Å². The fourth-order valence-electron chi connectivity index (χ4n) is 2.06. The second-order valence-electron chi connectivity index (χ2n) is 4.60. The second kappa shape index (κ2) is 10.5. The van der Waals surface area contributed by atoms with Gasteiger partial charge < -0.3 is 1.43 Å². The van der Waals surface area contributed by atoms with Crippen LogP contribution >= 0.6 is 0 Å². The Labute approximate surface area is 160 Å². The molecule has 0 amide bonds. The Bertz CT molecular complexity index is 463. The molecular weight excluding hydrogens is 287 g/mol. The van der Waals surface area contributed by atoms with Gasteiger partial charge in [0.25, 0.3) is 10.1 Å². The molecule has 0 unspecified atom stereocenters. The SMILES string of the molecule is CCCCCCCCc1ccccc1S(=O)(=O)O.[H-].[K+]. The van der Waals surface area contributed by atoms with Gasteiger partial charge in [0.2, 0.25) is 0 Å². The van der Waals surface area contributed by atoms with Crippen LogP contribution in [0.25, 0.3) is 0 Å². The van der Waals surface area contributed by atoms with E-state index in [2.05, 4.69) is 6.92 Å². The molecule has 0 atom stereocenters. The molecule has 1 aromatic rings. The van der Waals surface area contributed by atoms with E-state index in [0.29, 0.717) is 6.42 Å². The average Bonchev–Trinajstić information content (AvgIpc) is 2.33. The van der Waals surface area contributed by atoms with Crippen LogP contribution in [0.3, 0.4) is 0 Å². The van der Waals surface area contributed by atoms with Crippen molar-refractivity contribution in [3.63, 3.8) is 0 Å². The molecule has 19 heavy (non-hydrogen) atoms. The third-order valence-corrected chi connectivity index (χ3v) is 4.00. The molecule has 0 radical (unpaired) electrons. The van der Waals surface area contributed by atoms with Gasteiger partial charge in [-0.05, 0) is 24.5 Å². The van der Waals surface area contributed by atoms with Crippen molar-refractivity contribution in [2.24, 2.45) is 0 Å². The third kappa shape index (κ3) is 7.95. The fourth-order valence-corrected chi connectivity index (χ4v) is 2.81. The van der Waals surface area contributed by atoms with Crippen molar-refractivity contribution >= 4 is 10.1 Å². The number of hydrogen-bond acceptors (Lipinski definition) is 2. The summed E-state index contributed by atoms with van der Waals surface area (Å²) in [5.74, 6) is 0. The van der Waals surface area contributed by atoms with Gasteiger partial charge in [-0.25, -0.2) is 0 Å². The summed E-state index contributed by atoms with van der Waals surface area (Å²) >= 11 is 0. The molecule has 0 aromatic heterocycles. The Kier molecular flexibility index (Phi) is 10.9. The molecule has 1 N–H and O–H groups in total. The van der Waals surface area contributed by atoms with Gasteiger partial charge in [0.05, 0.1) is 4.90 Å². The fraction of sp³-hybridized carbons (Fsp3) is 0.571. The smallest absolute Gasteiger partial charge is 1.00 e. The van der Waals surface area contributed by atoms with E-state index < -0.39 is 10.1 Å². The summed E-state index contributed by atoms with van der Waals surface area (Å²) in [5.41, 5.74) is 0.718. The first-order chi connectivity index (χ1) is 8.55. The van der Waals surface area contributed by atoms with Crippen LogP contribution in [0.4, 0.5) is 0 Å². The number of aryl methyl sites for hydroxylation is 1. The van der Waals surface area contributed by atoms with Crippen LogP contribution in [-0.4, -0.2) is 13.0 Å². The van der Waals surface area contributed by atoms with E-state index in [-0.39, 0.29) is 57.7 Å². The zero-order chi connectivity index (χ0) is 13.4. The monoisotopic (exact) mass is 310 g/mol. The molecule has 0 fully saturated rings. The summed E-state index contributed by atoms with van der Waals surface area (Å²) < 4.78 is 31.5. The third-order valence-electron chi connectivity index (χ3n) is 3.05. The molecule has 0 saturated carbocycles. The van der Waals surface area contributed by atoms with E-state index >= 15 is 0 Å². The van der Waals surface area contributed by atoms with Crippen LogP contribution in [0, 0.1) is 0 Å². The first kappa shape index (κ1) is 19.8. The van der Waals surface area contributed by atoms with Gasteiger partial charge in [0.1, 0.15) is 0 Å². The summed E-state index contributed by atoms with van der Waals surface area (Å²) in [7, 11) is -4.08. The van der Waals surface area contributed by atoms with Crippen molar-refractivity contribution in [1.82, 2.24) is 0 Å². The van der Waals surface area contributed by atoms with E-state index in [4.69, 9.17) is 4.55 Å². The van der Waals surface area contributed by atoms with Crippen molar-refractivity contribution in [3.8, 4) is 0 Å². The van der Waals surface area contributed by atoms with Gasteiger partial charge in [-0.3, -0.25) is 4.55 Å². The van der Waals surface area contributed by atoms with Gasteiger partial charge in [0, 0.05) is 0 Å². The molecule has 1 rings (SSSR count). The van der Waals surface area contributed by atoms with Crippen LogP contribution in [-0.2, 0) is 16.5 Å². The average molecular weight is 310 g/mol. The minimum Gasteiger partial charge on any atom is -1.00 e. The van der Waals surface area contributed by atoms with Crippen LogP contribution in [0.2, 0.25) is 0 Å². The number of benzene rings is 1. The van der Waals surface area contributed by atoms with E-state index in [1.165, 1.54) is 31.7 Å². The summed E-state index contributed by atoms with van der Waals surface area (Å²) in [5, 5.41) is 0. The predicted octanol–water partition coefficient (Wildman–Crippen LogP) is 0.953. The van der Waals surface area contributed by atoms with Crippen LogP contribution in [0.15, 0.2) is 29.2 Å². The van der Waals surface area contributed by atoms with Gasteiger partial charge in [-0.15, -0.1) is 0 Å². The Morgan fingerprint density at radius 2 is 1.63 bits per heavy atom. The Morgan fingerprint density at radius 3 is 2.26 bits per heavy atom. The van der Waals surface area contributed by atoms with Crippen LogP contribution in [0.5, 0.6) is 0 Å². The zero-order valence-electron chi connectivity index (χ0n) is 12.9. The number of unbranched alkanes of at least 4 members (excludes halogenated alkanes) is 5. The first-order valence-corrected chi connectivity index (χ1v) is 8.05. The summed E-state index contributed by atoms with van der Waals surface area (Å²) in [6.07, 6.45) is 7.73. The molecule has 0 aliphatic heterocycles. The Morgan fingerprint density at radius 1 is 1.05 bits per heavy atom. The predicted molar refractivity (Wildman–Crippen MR) is 74.4 cm³/mol. The molecule has 0 aliphatic rings. The molecule has 0 spiro atoms. The number of hydrogen-bond donors (Lipinski definition) is 1. The largest absolute Gasteiger partial charge is 1.00 e. The summed E-state index contributed by atoms with van der Waals surface area (Å²) in [4.78, 5) is 0.0542. The molecular formula is C14H23KO3S. The maximum atomic E-state index is 11.2. The maximum Gasteiger partial charge on any atom is 1.00 e. The van der Waals surface area contributed by atoms with Crippen molar-refractivity contribution in [2.75, 3.05) is 0 Å². The van der Waals surface area contributed by atoms with Gasteiger partial charge in [0.15, 0.2) is 0 Å². The van der Waals surface area contributed by atoms with E-state index in [9.17, 15) is 8.42 Å². The van der Waals surface area contributed by atoms with Crippen LogP contribution < -0.4 is 51.4 Å². The van der Waals surface area contributed by atoms with Crippen molar-refractivity contribution in [3.05, 3.63) is 29.8 Å². The zero-order valence-corrected chi connectivity index (χ0v) is 15.9. The van der Waals surface area contributed by atoms with Gasteiger partial charge in [-0.2, -0.15) is 8.42 Å². The van der Waals surface area contributed by atoms with E-state index in [0.717, 1.165) is 18.4 Å². The molecule has 104 valence electrons. The molecule has 3 nitrogen and oxygen atoms in total. The van der Waals surface area contributed by atoms with E-state index in [1.807, 2.05) is 0 Å². The minimum absolute atomic E-state index is 0.